The summed E-state index contributed by atoms with van der Waals surface area (Å²) in [5.74, 6) is 0.134. The molecule has 0 aliphatic carbocycles. The van der Waals surface area contributed by atoms with Crippen molar-refractivity contribution in [1.29, 1.82) is 0 Å². The van der Waals surface area contributed by atoms with E-state index in [1.54, 1.807) is 0 Å². The minimum absolute atomic E-state index is 0. The number of nitrogens with two attached hydrogens (primary N) is 2. The van der Waals surface area contributed by atoms with Crippen LogP contribution < -0.4 is 53.6 Å². The number of hydrogen-bond acceptors (Lipinski definition) is 22. The Kier molecular flexibility index (Phi) is 14.3. The summed E-state index contributed by atoms with van der Waals surface area (Å²) in [6, 6.07) is -1.29. The maximum Gasteiger partial charge on any atom is 2.00 e. The van der Waals surface area contributed by atoms with Crippen molar-refractivity contribution < 1.29 is 68.3 Å². The molecule has 22 nitrogen and oxygen atoms in total. The summed E-state index contributed by atoms with van der Waals surface area (Å²) in [5, 5.41) is 11.5. The molecular weight excluding hydrogens is 971 g/mol. The summed E-state index contributed by atoms with van der Waals surface area (Å²) in [4.78, 5) is 76.0. The van der Waals surface area contributed by atoms with Crippen molar-refractivity contribution in [2.45, 2.75) is 36.7 Å². The van der Waals surface area contributed by atoms with Crippen molar-refractivity contribution in [1.82, 2.24) is 19.9 Å². The molecular formula is C20H22MgN10O12P2S4W-4. The summed E-state index contributed by atoms with van der Waals surface area (Å²) in [6.07, 6.45) is -3.52. The summed E-state index contributed by atoms with van der Waals surface area (Å²) < 4.78 is 41.3. The second kappa shape index (κ2) is 16.7. The fourth-order valence-corrected chi connectivity index (χ4v) is 6.42. The van der Waals surface area contributed by atoms with Crippen LogP contribution in [0.5, 0.6) is 0 Å². The number of anilines is 6. The number of nitrogens with zero attached hydrogens (tertiary/aromatic N) is 2. The van der Waals surface area contributed by atoms with Crippen LogP contribution in [0.2, 0.25) is 0 Å². The molecule has 0 fully saturated rings. The van der Waals surface area contributed by atoms with E-state index < -0.39 is 76.7 Å². The molecule has 0 radical (unpaired) electrons. The molecule has 50 heavy (non-hydrogen) atoms. The van der Waals surface area contributed by atoms with Gasteiger partial charge in [-0.1, -0.05) is 0 Å². The maximum absolute atomic E-state index is 11.9. The number of nitrogen functional groups attached to an aromatic ring is 2. The zero-order valence-electron chi connectivity index (χ0n) is 24.5. The summed E-state index contributed by atoms with van der Waals surface area (Å²) in [6.45, 7) is -1.06. The average Bonchev–Trinajstić information content (AvgIpc) is 2.97. The van der Waals surface area contributed by atoms with E-state index in [4.69, 9.17) is 81.2 Å². The van der Waals surface area contributed by atoms with Gasteiger partial charge in [0, 0.05) is 21.1 Å². The first-order chi connectivity index (χ1) is 22.3. The van der Waals surface area contributed by atoms with Crippen molar-refractivity contribution in [2.24, 2.45) is 0 Å². The van der Waals surface area contributed by atoms with Crippen molar-refractivity contribution in [3.63, 3.8) is 0 Å². The van der Waals surface area contributed by atoms with Crippen LogP contribution in [0.3, 0.4) is 0 Å². The van der Waals surface area contributed by atoms with Crippen LogP contribution >= 0.6 is 15.6 Å². The molecule has 0 saturated carbocycles. The minimum Gasteiger partial charge on any atom is -0.783 e. The van der Waals surface area contributed by atoms with Gasteiger partial charge in [-0.3, -0.25) is 28.7 Å². The molecule has 0 saturated heterocycles. The number of fused-ring (bicyclic) bond motifs is 4. The van der Waals surface area contributed by atoms with Gasteiger partial charge in [-0.2, -0.15) is 29.6 Å². The van der Waals surface area contributed by atoms with Crippen LogP contribution in [0, 0.1) is 0 Å². The summed E-state index contributed by atoms with van der Waals surface area (Å²) in [5.41, 5.74) is 10.3. The third kappa shape index (κ3) is 9.93. The molecule has 6 rings (SSSR count). The fraction of sp³-hybridized carbons (Fsp3) is 0.400. The van der Waals surface area contributed by atoms with Crippen molar-refractivity contribution in [3.05, 3.63) is 40.3 Å². The molecule has 2 aromatic rings. The molecule has 0 aromatic carbocycles. The molecule has 12 N–H and O–H groups in total. The zero-order valence-corrected chi connectivity index (χ0v) is 33.9. The van der Waals surface area contributed by atoms with E-state index in [9.17, 15) is 28.5 Å². The number of rotatable bonds is 6. The van der Waals surface area contributed by atoms with Gasteiger partial charge in [-0.25, -0.2) is 0 Å². The molecule has 8 atom stereocenters. The first-order valence-electron chi connectivity index (χ1n) is 13.0. The van der Waals surface area contributed by atoms with Crippen LogP contribution in [0.4, 0.5) is 34.9 Å². The number of aromatic amines is 2. The van der Waals surface area contributed by atoms with Gasteiger partial charge in [0.25, 0.3) is 26.8 Å². The van der Waals surface area contributed by atoms with Crippen molar-refractivity contribution in [3.8, 4) is 0 Å². The molecule has 0 bridgehead atoms. The van der Waals surface area contributed by atoms with E-state index in [2.05, 4.69) is 50.3 Å². The Morgan fingerprint density at radius 2 is 1.06 bits per heavy atom. The molecule has 30 heteroatoms. The van der Waals surface area contributed by atoms with Crippen molar-refractivity contribution in [2.75, 3.05) is 45.9 Å². The molecule has 2 aromatic heterocycles. The van der Waals surface area contributed by atoms with Gasteiger partial charge >= 0.3 is 23.1 Å². The predicted octanol–water partition coefficient (Wildman–Crippen LogP) is -4.25. The van der Waals surface area contributed by atoms with E-state index in [0.29, 0.717) is 0 Å². The van der Waals surface area contributed by atoms with Gasteiger partial charge in [0.2, 0.25) is 11.9 Å². The van der Waals surface area contributed by atoms with Gasteiger partial charge in [0.05, 0.1) is 37.5 Å². The van der Waals surface area contributed by atoms with Crippen LogP contribution in [0.25, 0.3) is 0 Å². The smallest absolute Gasteiger partial charge is 0.783 e. The minimum atomic E-state index is -4.92. The van der Waals surface area contributed by atoms with Gasteiger partial charge in [0.15, 0.2) is 24.1 Å². The zero-order chi connectivity index (χ0) is 35.3. The van der Waals surface area contributed by atoms with Gasteiger partial charge < -0.3 is 121 Å². The summed E-state index contributed by atoms with van der Waals surface area (Å²) >= 11 is 20.8. The fourth-order valence-electron chi connectivity index (χ4n) is 4.64. The Balaban J connectivity index is 0.000000260. The standard InChI is InChI=1S/2C10H14N5O6PS2.Mg.W/c2*11-10-14-7-4(8(16)15-10)12-3-6(24)5(23)2(21-9(3)13-7)1-20-22(17,18)19;;/h2*2-3,9,12,23-24H,1H2,(H2,17,18,19)(H4,11,13,14,15,16);;/q;;+2;/p-6/t2*2-,3+,9-;;/m11../s1. The Morgan fingerprint density at radius 3 is 1.38 bits per heavy atom. The molecule has 6 heterocycles. The Hall–Kier alpha value is -1.49. The van der Waals surface area contributed by atoms with E-state index in [-0.39, 0.29) is 98.6 Å². The number of H-pyrrole nitrogens is 2. The third-order valence-electron chi connectivity index (χ3n) is 6.67. The maximum atomic E-state index is 11.9. The van der Waals surface area contributed by atoms with Gasteiger partial charge in [0.1, 0.15) is 11.4 Å². The first-order valence-corrected chi connectivity index (χ1v) is 17.6. The largest absolute Gasteiger partial charge is 2.00 e. The first kappa shape index (κ1) is 42.9. The van der Waals surface area contributed by atoms with Crippen molar-refractivity contribution >= 4 is 124 Å². The number of phosphoric ester groups is 2. The number of aromatic nitrogens is 4. The molecule has 4 aliphatic rings. The molecule has 270 valence electrons. The molecule has 0 spiro atoms. The predicted molar refractivity (Wildman–Crippen MR) is 179 cm³/mol. The number of phosphoric acid groups is 2. The van der Waals surface area contributed by atoms with Gasteiger partial charge in [-0.15, -0.1) is 0 Å². The molecule has 2 unspecified atom stereocenters. The summed E-state index contributed by atoms with van der Waals surface area (Å²) in [7, 11) is -9.85. The van der Waals surface area contributed by atoms with Crippen LogP contribution in [0.1, 0.15) is 0 Å². The van der Waals surface area contributed by atoms with Crippen LogP contribution in [0.15, 0.2) is 29.2 Å². The second-order valence-electron chi connectivity index (χ2n) is 9.96. The monoisotopic (exact) mass is 992 g/mol. The normalized spacial score (nSPS) is 27.0. The SMILES string of the molecule is Nc1nc2c(c(=O)[nH]1)N[C@H]1C([S-])=C([S-])[C@@H](COP(=O)([O-])O)O[C@H]1N2.Nc1nc2c(c(=O)[nH]1)N[C@H]1C([S-])=C([S-])[C@@H](COP(=O)([O-])O)O[C@H]1N2.[Mg+2].[W]. The Morgan fingerprint density at radius 1 is 0.720 bits per heavy atom. The number of ether oxygens (including phenoxy) is 2. The third-order valence-corrected chi connectivity index (χ3v) is 9.80. The number of nitrogens with one attached hydrogen (secondary N) is 6. The van der Waals surface area contributed by atoms with E-state index in [0.717, 1.165) is 0 Å². The Bertz CT molecular complexity index is 1770. The second-order valence-corrected chi connectivity index (χ2v) is 14.1. The van der Waals surface area contributed by atoms with Crippen LogP contribution in [-0.2, 0) is 99.2 Å². The quantitative estimate of drug-likeness (QED) is 0.0744. The average molecular weight is 993 g/mol. The topological polar surface area (TPSA) is 349 Å². The van der Waals surface area contributed by atoms with Gasteiger partial charge in [-0.05, 0) is 0 Å². The van der Waals surface area contributed by atoms with Crippen LogP contribution in [-0.4, -0.2) is 103 Å². The molecule has 0 amide bonds. The van der Waals surface area contributed by atoms with E-state index in [1.165, 1.54) is 0 Å². The molecule has 4 aliphatic heterocycles. The Labute approximate surface area is 333 Å². The number of hydrogen-bond donors (Lipinski definition) is 10. The van der Waals surface area contributed by atoms with E-state index in [1.807, 2.05) is 0 Å². The van der Waals surface area contributed by atoms with E-state index >= 15 is 0 Å².